The fourth-order valence-electron chi connectivity index (χ4n) is 1.43. The first-order valence-electron chi connectivity index (χ1n) is 9.43. The molecule has 1 aliphatic heterocycles. The Morgan fingerprint density at radius 1 is 1.21 bits per heavy atom. The zero-order chi connectivity index (χ0) is 28.3. The summed E-state index contributed by atoms with van der Waals surface area (Å²) in [5, 5.41) is 20.1. The van der Waals surface area contributed by atoms with Gasteiger partial charge in [0.1, 0.15) is 5.60 Å². The number of nitrogens with one attached hydrogen (secondary N) is 1. The number of ether oxygens (including phenoxy) is 2. The maximum atomic E-state index is 11.0. The van der Waals surface area contributed by atoms with Gasteiger partial charge in [0.25, 0.3) is 11.8 Å². The van der Waals surface area contributed by atoms with E-state index in [9.17, 15) is 19.2 Å². The molecule has 0 aromatic rings. The molecule has 0 atom stereocenters. The Morgan fingerprint density at radius 2 is 1.59 bits per heavy atom. The number of carbonyl (C=O) groups excluding carboxylic acids is 5. The second-order valence-corrected chi connectivity index (χ2v) is 23.8. The van der Waals surface area contributed by atoms with Gasteiger partial charge < -0.3 is 25.0 Å². The summed E-state index contributed by atoms with van der Waals surface area (Å²) in [7, 11) is 4.27. The number of imide groups is 1. The summed E-state index contributed by atoms with van der Waals surface area (Å²) >= 11 is 5.30. The molecule has 0 unspecified atom stereocenters. The van der Waals surface area contributed by atoms with Crippen molar-refractivity contribution < 1.29 is 56.9 Å². The number of carbonyl (C=O) groups is 4. The molecule has 1 saturated heterocycles. The number of rotatable bonds is 3. The summed E-state index contributed by atoms with van der Waals surface area (Å²) in [4.78, 5) is 55.5. The van der Waals surface area contributed by atoms with E-state index in [-0.39, 0.29) is 11.8 Å². The molecule has 3 N–H and O–H groups in total. The monoisotopic (exact) mass is 830 g/mol. The van der Waals surface area contributed by atoms with Crippen LogP contribution in [0.25, 0.3) is 0 Å². The van der Waals surface area contributed by atoms with Crippen LogP contribution in [0.2, 0.25) is 0 Å². The van der Waals surface area contributed by atoms with Gasteiger partial charge in [0, 0.05) is 21.1 Å². The van der Waals surface area contributed by atoms with E-state index >= 15 is 0 Å². The van der Waals surface area contributed by atoms with Crippen LogP contribution in [-0.4, -0.2) is 89.6 Å². The van der Waals surface area contributed by atoms with Crippen LogP contribution < -0.4 is 18.6 Å². The fourth-order valence-corrected chi connectivity index (χ4v) is 1.43. The first-order valence-corrected chi connectivity index (χ1v) is 22.0. The van der Waals surface area contributed by atoms with Gasteiger partial charge in [-0.1, -0.05) is 0 Å². The summed E-state index contributed by atoms with van der Waals surface area (Å²) in [5.41, 5.74) is -3.56. The molecule has 0 aromatic carbocycles. The van der Waals surface area contributed by atoms with Crippen LogP contribution in [0.4, 0.5) is 4.79 Å². The van der Waals surface area contributed by atoms with Crippen LogP contribution in [0.15, 0.2) is 4.99 Å². The second kappa shape index (κ2) is 20.6. The van der Waals surface area contributed by atoms with E-state index < -0.39 is 28.9 Å². The predicted octanol–water partition coefficient (Wildman–Crippen LogP) is -1.08. The van der Waals surface area contributed by atoms with Gasteiger partial charge in [-0.15, -0.1) is 0 Å². The minimum absolute atomic E-state index is 0.294. The van der Waals surface area contributed by atoms with Crippen LogP contribution in [-0.2, 0) is 28.7 Å². The Hall–Kier alpha value is -0.630. The number of amides is 3. The van der Waals surface area contributed by atoms with Crippen molar-refractivity contribution in [2.45, 2.75) is 65.3 Å². The van der Waals surface area contributed by atoms with Gasteiger partial charge in [-0.05, 0) is 48.5 Å². The molecule has 1 rings (SSSR count). The first kappa shape index (κ1) is 40.5. The maximum absolute atomic E-state index is 11.0. The molecule has 0 saturated carbocycles. The van der Waals surface area contributed by atoms with E-state index in [4.69, 9.17) is 19.7 Å². The van der Waals surface area contributed by atoms with Gasteiger partial charge in [0.05, 0.1) is 6.61 Å². The third kappa shape index (κ3) is 21.9. The predicted molar refractivity (Wildman–Crippen MR) is 139 cm³/mol. The molecule has 0 spiro atoms. The Labute approximate surface area is 230 Å². The molecule has 1 aliphatic rings. The van der Waals surface area contributed by atoms with Gasteiger partial charge in [-0.25, -0.2) is 24.3 Å². The molecule has 3 amide bonds. The van der Waals surface area contributed by atoms with Crippen molar-refractivity contribution in [3.05, 3.63) is 0 Å². The van der Waals surface area contributed by atoms with Crippen molar-refractivity contribution in [1.29, 1.82) is 0 Å². The Bertz CT molecular complexity index is 685. The van der Waals surface area contributed by atoms with E-state index in [0.29, 0.717) is 19.9 Å². The van der Waals surface area contributed by atoms with Crippen LogP contribution in [0, 0.1) is 0 Å². The number of likely N-dealkylation sites (N-methyl/N-ethyl adjacent to an activating group) is 2. The van der Waals surface area contributed by atoms with Crippen LogP contribution in [0.5, 0.6) is 0 Å². The number of hydrogen-bond donors (Lipinski definition) is 3. The number of esters is 1. The van der Waals surface area contributed by atoms with Gasteiger partial charge in [0.2, 0.25) is 6.08 Å². The third-order valence-electron chi connectivity index (χ3n) is 3.08. The normalized spacial score (nSPS) is 13.5. The van der Waals surface area contributed by atoms with Crippen LogP contribution >= 0.6 is 37.2 Å². The SMILES string of the molecule is CCOC(=O)C(C)(C)O.CN1C(=O)OC(C)(C)C1=O.CN=C=O.CNC(=O)C(C)(C)O.I[I-]I. The topological polar surface area (TPSA) is 172 Å². The van der Waals surface area contributed by atoms with E-state index in [1.165, 1.54) is 54.9 Å². The minimum atomic E-state index is -1.35. The molecule has 0 bridgehead atoms. The van der Waals surface area contributed by atoms with Crippen molar-refractivity contribution in [3.63, 3.8) is 0 Å². The first-order chi connectivity index (χ1) is 15.2. The van der Waals surface area contributed by atoms with E-state index in [2.05, 4.69) is 52.3 Å². The van der Waals surface area contributed by atoms with Crippen molar-refractivity contribution >= 4 is 67.2 Å². The second-order valence-electron chi connectivity index (χ2n) is 7.53. The molecule has 15 heteroatoms. The number of hydrogen-bond acceptors (Lipinski definition) is 10. The van der Waals surface area contributed by atoms with Gasteiger partial charge >= 0.3 is 62.5 Å². The molecule has 1 fully saturated rings. The van der Waals surface area contributed by atoms with E-state index in [1.807, 2.05) is 0 Å². The van der Waals surface area contributed by atoms with E-state index in [1.54, 1.807) is 20.8 Å². The molecular weight excluding hydrogens is 795 g/mol. The molecule has 1 heterocycles. The van der Waals surface area contributed by atoms with Crippen molar-refractivity contribution in [2.75, 3.05) is 27.7 Å². The number of nitrogens with zero attached hydrogens (tertiary/aromatic N) is 2. The molecule has 0 aromatic heterocycles. The Kier molecular flexibility index (Phi) is 24.5. The molecule has 0 aliphatic carbocycles. The number of aliphatic hydroxyl groups is 2. The zero-order valence-electron chi connectivity index (χ0n) is 21.0. The summed E-state index contributed by atoms with van der Waals surface area (Å²) in [6.45, 7) is 10.8. The Balaban J connectivity index is -0.000000176. The van der Waals surface area contributed by atoms with Crippen LogP contribution in [0.1, 0.15) is 48.5 Å². The van der Waals surface area contributed by atoms with Gasteiger partial charge in [0.15, 0.2) is 11.2 Å². The van der Waals surface area contributed by atoms with Crippen molar-refractivity contribution in [2.24, 2.45) is 4.99 Å². The average molecular weight is 830 g/mol. The summed E-state index contributed by atoms with van der Waals surface area (Å²) in [6, 6.07) is 0. The number of cyclic esters (lactones) is 1. The number of aliphatic imine (C=N–C) groups is 1. The third-order valence-corrected chi connectivity index (χ3v) is 3.08. The Morgan fingerprint density at radius 3 is 1.65 bits per heavy atom. The van der Waals surface area contributed by atoms with Crippen molar-refractivity contribution in [1.82, 2.24) is 10.2 Å². The van der Waals surface area contributed by atoms with Gasteiger partial charge in [-0.3, -0.25) is 9.59 Å². The van der Waals surface area contributed by atoms with Gasteiger partial charge in [-0.2, -0.15) is 0 Å². The molecule has 202 valence electrons. The summed E-state index contributed by atoms with van der Waals surface area (Å²) < 4.78 is 9.23. The molecule has 34 heavy (non-hydrogen) atoms. The van der Waals surface area contributed by atoms with Crippen LogP contribution in [0.3, 0.4) is 0 Å². The molecule has 0 radical (unpaired) electrons. The quantitative estimate of drug-likeness (QED) is 0.139. The average Bonchev–Trinajstić information content (AvgIpc) is 2.89. The molecular formula is C19H35I3N3O9-. The fraction of sp³-hybridized carbons (Fsp3) is 0.737. The number of halogens is 3. The zero-order valence-corrected chi connectivity index (χ0v) is 27.5. The summed E-state index contributed by atoms with van der Waals surface area (Å²) in [6.07, 6.45) is 0.731. The standard InChI is InChI=1S/C6H9NO3.C6H12O3.C5H11NO2.C2H3NO.I3/c1-6(2)4(8)7(3)5(9)10-6;1-4-9-5(7)6(2,3)8;1-5(2,8)4(7)6-3;1-3-2-4;1-3-2/h1-3H3;8H,4H2,1-3H3;8H,1-3H3,(H,6,7);1H3;/q;;;;-1. The molecule has 12 nitrogen and oxygen atoms in total. The summed E-state index contributed by atoms with van der Waals surface area (Å²) in [5.74, 6) is -1.24. The number of isocyanates is 1. The van der Waals surface area contributed by atoms with Crippen molar-refractivity contribution in [3.8, 4) is 0 Å². The van der Waals surface area contributed by atoms with E-state index in [0.717, 1.165) is 4.90 Å².